The number of rotatable bonds is 5. The van der Waals surface area contributed by atoms with Crippen molar-refractivity contribution in [1.29, 1.82) is 0 Å². The average Bonchev–Trinajstić information content (AvgIpc) is 3.34. The Bertz CT molecular complexity index is 1130. The molecule has 10 heteroatoms. The fourth-order valence-corrected chi connectivity index (χ4v) is 4.38. The van der Waals surface area contributed by atoms with Crippen LogP contribution < -0.4 is 16.4 Å². The van der Waals surface area contributed by atoms with Crippen LogP contribution in [0.25, 0.3) is 5.65 Å². The number of amides is 1. The lowest BCUT2D eigenvalue weighted by molar-refractivity contribution is 0.0723. The predicted molar refractivity (Wildman–Crippen MR) is 131 cm³/mol. The number of aromatic nitrogens is 3. The minimum Gasteiger partial charge on any atom is -0.398 e. The topological polar surface area (TPSA) is 106 Å². The summed E-state index contributed by atoms with van der Waals surface area (Å²) in [7, 11) is 1.76. The van der Waals surface area contributed by atoms with E-state index in [2.05, 4.69) is 4.90 Å². The molecule has 1 fully saturated rings. The second-order valence-electron chi connectivity index (χ2n) is 8.19. The normalized spacial score (nSPS) is 16.8. The van der Waals surface area contributed by atoms with E-state index in [1.54, 1.807) is 34.7 Å². The van der Waals surface area contributed by atoms with Crippen LogP contribution in [-0.4, -0.2) is 51.6 Å². The first-order chi connectivity index (χ1) is 14.8. The summed E-state index contributed by atoms with van der Waals surface area (Å²) in [4.78, 5) is 21.9. The van der Waals surface area contributed by atoms with Gasteiger partial charge in [0, 0.05) is 54.7 Å². The van der Waals surface area contributed by atoms with Gasteiger partial charge in [-0.25, -0.2) is 9.50 Å². The standard InChI is InChI=1S/C22H28ClN7O.ClH/c1-4-19(28(3)22(31)16-9-14(23)5-6-17(16)25)18-10-20-26-21(13(2)11-30(20)27-18)29-8-7-15(24)12-29;/h5-6,9-11,15,19H,4,7-8,12,24-25H2,1-3H3;1H/t15-,19-;/m0./s1. The smallest absolute Gasteiger partial charge is 0.256 e. The molecule has 32 heavy (non-hydrogen) atoms. The van der Waals surface area contributed by atoms with Crippen LogP contribution in [0.4, 0.5) is 11.5 Å². The lowest BCUT2D eigenvalue weighted by atomic mass is 10.1. The molecular weight excluding hydrogens is 449 g/mol. The Morgan fingerprint density at radius 1 is 1.38 bits per heavy atom. The molecule has 172 valence electrons. The Kier molecular flexibility index (Phi) is 7.17. The van der Waals surface area contributed by atoms with E-state index in [1.807, 2.05) is 26.1 Å². The summed E-state index contributed by atoms with van der Waals surface area (Å²) in [6, 6.07) is 6.82. The van der Waals surface area contributed by atoms with Crippen molar-refractivity contribution in [3.8, 4) is 0 Å². The van der Waals surface area contributed by atoms with Crippen molar-refractivity contribution in [2.75, 3.05) is 30.8 Å². The molecule has 0 saturated carbocycles. The number of carbonyl (C=O) groups excluding carboxylic acids is 1. The summed E-state index contributed by atoms with van der Waals surface area (Å²) >= 11 is 6.08. The molecule has 1 aromatic carbocycles. The van der Waals surface area contributed by atoms with Gasteiger partial charge in [-0.1, -0.05) is 18.5 Å². The SMILES string of the molecule is CC[C@@H](c1cc2nc(N3CC[C@H](N)C3)c(C)cn2n1)N(C)C(=O)c1cc(Cl)ccc1N.Cl. The molecule has 0 bridgehead atoms. The molecule has 2 atom stereocenters. The van der Waals surface area contributed by atoms with Crippen molar-refractivity contribution in [3.05, 3.63) is 52.3 Å². The first kappa shape index (κ1) is 24.1. The molecule has 1 saturated heterocycles. The summed E-state index contributed by atoms with van der Waals surface area (Å²) in [5, 5.41) is 5.20. The lowest BCUT2D eigenvalue weighted by Gasteiger charge is -2.26. The zero-order chi connectivity index (χ0) is 22.3. The zero-order valence-electron chi connectivity index (χ0n) is 18.5. The van der Waals surface area contributed by atoms with E-state index >= 15 is 0 Å². The van der Waals surface area contributed by atoms with Gasteiger partial charge in [-0.2, -0.15) is 5.10 Å². The van der Waals surface area contributed by atoms with Gasteiger partial charge in [0.1, 0.15) is 5.82 Å². The van der Waals surface area contributed by atoms with Crippen molar-refractivity contribution in [2.45, 2.75) is 38.8 Å². The van der Waals surface area contributed by atoms with E-state index in [9.17, 15) is 4.79 Å². The number of aryl methyl sites for hydroxylation is 1. The summed E-state index contributed by atoms with van der Waals surface area (Å²) in [6.45, 7) is 5.76. The molecule has 1 aliphatic rings. The van der Waals surface area contributed by atoms with Crippen LogP contribution in [0.5, 0.6) is 0 Å². The minimum absolute atomic E-state index is 0. The van der Waals surface area contributed by atoms with Crippen molar-refractivity contribution in [2.24, 2.45) is 5.73 Å². The van der Waals surface area contributed by atoms with Crippen LogP contribution in [-0.2, 0) is 0 Å². The molecule has 8 nitrogen and oxygen atoms in total. The monoisotopic (exact) mass is 477 g/mol. The summed E-state index contributed by atoms with van der Waals surface area (Å²) in [6.07, 6.45) is 3.64. The maximum absolute atomic E-state index is 13.1. The molecule has 0 spiro atoms. The van der Waals surface area contributed by atoms with Gasteiger partial charge in [-0.15, -0.1) is 12.4 Å². The van der Waals surface area contributed by atoms with Crippen molar-refractivity contribution >= 4 is 47.1 Å². The van der Waals surface area contributed by atoms with E-state index in [4.69, 9.17) is 33.2 Å². The molecule has 0 unspecified atom stereocenters. The fourth-order valence-electron chi connectivity index (χ4n) is 4.21. The highest BCUT2D eigenvalue weighted by atomic mass is 35.5. The van der Waals surface area contributed by atoms with Crippen molar-refractivity contribution in [3.63, 3.8) is 0 Å². The third-order valence-electron chi connectivity index (χ3n) is 5.91. The van der Waals surface area contributed by atoms with Gasteiger partial charge < -0.3 is 21.3 Å². The Hall–Kier alpha value is -2.55. The number of halogens is 2. The van der Waals surface area contributed by atoms with Gasteiger partial charge >= 0.3 is 0 Å². The van der Waals surface area contributed by atoms with Crippen LogP contribution in [0.2, 0.25) is 5.02 Å². The first-order valence-electron chi connectivity index (χ1n) is 10.5. The van der Waals surface area contributed by atoms with Crippen LogP contribution in [0.15, 0.2) is 30.5 Å². The Labute approximate surface area is 198 Å². The minimum atomic E-state index is -0.225. The van der Waals surface area contributed by atoms with Gasteiger partial charge in [0.25, 0.3) is 5.91 Å². The summed E-state index contributed by atoms with van der Waals surface area (Å²) in [5.41, 5.74) is 15.5. The van der Waals surface area contributed by atoms with Gasteiger partial charge in [0.2, 0.25) is 0 Å². The maximum atomic E-state index is 13.1. The average molecular weight is 478 g/mol. The quantitative estimate of drug-likeness (QED) is 0.545. The highest BCUT2D eigenvalue weighted by Gasteiger charge is 2.27. The molecular formula is C22H29Cl2N7O. The van der Waals surface area contributed by atoms with E-state index < -0.39 is 0 Å². The van der Waals surface area contributed by atoms with E-state index in [-0.39, 0.29) is 30.4 Å². The van der Waals surface area contributed by atoms with Crippen LogP contribution in [0.3, 0.4) is 0 Å². The molecule has 4 rings (SSSR count). The van der Waals surface area contributed by atoms with E-state index in [0.29, 0.717) is 22.7 Å². The molecule has 4 N–H and O–H groups in total. The number of nitrogens with zero attached hydrogens (tertiary/aromatic N) is 5. The van der Waals surface area contributed by atoms with E-state index in [1.165, 1.54) is 0 Å². The summed E-state index contributed by atoms with van der Waals surface area (Å²) in [5.74, 6) is 0.746. The van der Waals surface area contributed by atoms with Gasteiger partial charge in [0.05, 0.1) is 17.3 Å². The molecule has 3 heterocycles. The van der Waals surface area contributed by atoms with Crippen LogP contribution in [0, 0.1) is 6.92 Å². The third-order valence-corrected chi connectivity index (χ3v) is 6.15. The summed E-state index contributed by atoms with van der Waals surface area (Å²) < 4.78 is 1.78. The Morgan fingerprint density at radius 3 is 2.78 bits per heavy atom. The number of hydrogen-bond donors (Lipinski definition) is 2. The third kappa shape index (κ3) is 4.48. The maximum Gasteiger partial charge on any atom is 0.256 e. The number of benzene rings is 1. The highest BCUT2D eigenvalue weighted by molar-refractivity contribution is 6.31. The fraction of sp³-hybridized carbons (Fsp3) is 0.409. The lowest BCUT2D eigenvalue weighted by Crippen LogP contribution is -2.31. The van der Waals surface area contributed by atoms with E-state index in [0.717, 1.165) is 42.2 Å². The van der Waals surface area contributed by atoms with Crippen LogP contribution in [0.1, 0.15) is 47.4 Å². The van der Waals surface area contributed by atoms with Gasteiger partial charge in [0.15, 0.2) is 5.65 Å². The zero-order valence-corrected chi connectivity index (χ0v) is 20.0. The number of nitrogens with two attached hydrogens (primary N) is 2. The first-order valence-corrected chi connectivity index (χ1v) is 10.9. The predicted octanol–water partition coefficient (Wildman–Crippen LogP) is 3.46. The number of fused-ring (bicyclic) bond motifs is 1. The second kappa shape index (κ2) is 9.52. The largest absolute Gasteiger partial charge is 0.398 e. The van der Waals surface area contributed by atoms with Gasteiger partial charge in [-0.05, 0) is 38.0 Å². The Balaban J connectivity index is 0.00000289. The number of hydrogen-bond acceptors (Lipinski definition) is 6. The van der Waals surface area contributed by atoms with Gasteiger partial charge in [-0.3, -0.25) is 4.79 Å². The molecule has 2 aromatic heterocycles. The number of carbonyl (C=O) groups is 1. The van der Waals surface area contributed by atoms with Crippen molar-refractivity contribution < 1.29 is 4.79 Å². The Morgan fingerprint density at radius 2 is 2.12 bits per heavy atom. The van der Waals surface area contributed by atoms with Crippen molar-refractivity contribution in [1.82, 2.24) is 19.5 Å². The molecule has 1 amide bonds. The highest BCUT2D eigenvalue weighted by Crippen LogP contribution is 2.28. The second-order valence-corrected chi connectivity index (χ2v) is 8.62. The van der Waals surface area contributed by atoms with Crippen LogP contribution >= 0.6 is 24.0 Å². The number of nitrogen functional groups attached to an aromatic ring is 1. The molecule has 1 aliphatic heterocycles. The number of anilines is 2. The molecule has 0 aliphatic carbocycles. The molecule has 0 radical (unpaired) electrons. The molecule has 3 aromatic rings.